The molecule has 1 aliphatic rings. The van der Waals surface area contributed by atoms with Crippen LogP contribution < -0.4 is 15.2 Å². The van der Waals surface area contributed by atoms with Crippen LogP contribution in [0, 0.1) is 0 Å². The number of fused-ring (bicyclic) bond motifs is 2. The number of ether oxygens (including phenoxy) is 2. The summed E-state index contributed by atoms with van der Waals surface area (Å²) in [6.45, 7) is 8.08. The number of carbonyl (C=O) groups is 1. The molecule has 0 bridgehead atoms. The van der Waals surface area contributed by atoms with Crippen LogP contribution in [-0.2, 0) is 9.53 Å². The number of aromatic nitrogens is 1. The van der Waals surface area contributed by atoms with Gasteiger partial charge in [-0.15, -0.1) is 11.3 Å². The predicted molar refractivity (Wildman–Crippen MR) is 228 cm³/mol. The first-order chi connectivity index (χ1) is 26.5. The lowest BCUT2D eigenvalue weighted by molar-refractivity contribution is -0.944. The van der Waals surface area contributed by atoms with E-state index in [2.05, 4.69) is 46.5 Å². The lowest BCUT2D eigenvalue weighted by Crippen LogP contribution is -2.61. The number of esters is 1. The predicted octanol–water partition coefficient (Wildman–Crippen LogP) is 11.8. The Labute approximate surface area is 329 Å². The Kier molecular flexibility index (Phi) is 18.2. The Balaban J connectivity index is 0.975. The maximum Gasteiger partial charge on any atom is 0.310 e. The summed E-state index contributed by atoms with van der Waals surface area (Å²) < 4.78 is 14.3. The summed E-state index contributed by atoms with van der Waals surface area (Å²) in [5.41, 5.74) is 1.99. The van der Waals surface area contributed by atoms with Gasteiger partial charge in [-0.3, -0.25) is 14.1 Å². The third-order valence-electron chi connectivity index (χ3n) is 11.5. The average Bonchev–Trinajstić information content (AvgIpc) is 3.68. The van der Waals surface area contributed by atoms with Crippen molar-refractivity contribution in [3.63, 3.8) is 0 Å². The molecule has 3 heterocycles. The molecular weight excluding hydrogens is 691 g/mol. The zero-order valence-corrected chi connectivity index (χ0v) is 34.1. The molecule has 1 aliphatic heterocycles. The fourth-order valence-corrected chi connectivity index (χ4v) is 8.84. The second-order valence-electron chi connectivity index (χ2n) is 15.8. The van der Waals surface area contributed by atoms with Crippen molar-refractivity contribution in [1.82, 2.24) is 4.98 Å². The van der Waals surface area contributed by atoms with Crippen molar-refractivity contribution in [2.75, 3.05) is 51.0 Å². The molecule has 5 rings (SSSR count). The summed E-state index contributed by atoms with van der Waals surface area (Å²) in [6, 6.07) is 18.1. The largest absolute Gasteiger partial charge is 0.494 e. The number of nitrogens with one attached hydrogen (secondary N) is 1. The highest BCUT2D eigenvalue weighted by molar-refractivity contribution is 7.17. The number of H-pyrrole nitrogens is 1. The Morgan fingerprint density at radius 3 is 2.09 bits per heavy atom. The highest BCUT2D eigenvalue weighted by Gasteiger charge is 2.34. The molecule has 54 heavy (non-hydrogen) atoms. The summed E-state index contributed by atoms with van der Waals surface area (Å²) in [5, 5.41) is 4.50. The quantitative estimate of drug-likeness (QED) is 0.0372. The van der Waals surface area contributed by atoms with Gasteiger partial charge >= 0.3 is 5.97 Å². The third kappa shape index (κ3) is 14.1. The standard InChI is InChI=1S/C46H67N3O4S/c1-2-3-4-5-6-7-8-9-10-11-12-13-14-15-16-17-18-24-46(51)53-38-49(33-30-48(31-34-49)43-22-21-23-44-41(43)29-36-54-44)32-19-20-35-52-40-27-25-39-26-28-45(50)47-42(39)37-40/h21-23,25-29,36-37H,2-20,24,30-35,38H2,1H3/p+1. The second-order valence-corrected chi connectivity index (χ2v) is 16.7. The summed E-state index contributed by atoms with van der Waals surface area (Å²) in [5.74, 6) is 0.722. The number of nitrogens with zero attached hydrogens (tertiary/aromatic N) is 2. The topological polar surface area (TPSA) is 71.6 Å². The van der Waals surface area contributed by atoms with Crippen LogP contribution in [0.25, 0.3) is 21.0 Å². The molecule has 1 N–H and O–H groups in total. The lowest BCUT2D eigenvalue weighted by Gasteiger charge is -2.45. The molecule has 0 radical (unpaired) electrons. The van der Waals surface area contributed by atoms with E-state index in [1.54, 1.807) is 17.4 Å². The number of hydrogen-bond donors (Lipinski definition) is 1. The molecule has 8 heteroatoms. The molecule has 7 nitrogen and oxygen atoms in total. The van der Waals surface area contributed by atoms with E-state index >= 15 is 0 Å². The van der Waals surface area contributed by atoms with Crippen LogP contribution in [0.1, 0.15) is 135 Å². The van der Waals surface area contributed by atoms with E-state index in [9.17, 15) is 9.59 Å². The van der Waals surface area contributed by atoms with Crippen LogP contribution in [0.4, 0.5) is 5.69 Å². The van der Waals surface area contributed by atoms with Gasteiger partial charge in [-0.1, -0.05) is 116 Å². The number of hydrogen-bond acceptors (Lipinski definition) is 6. The number of piperazine rings is 1. The molecular formula is C46H68N3O4S+. The number of carbonyl (C=O) groups excluding carboxylic acids is 1. The number of quaternary nitrogens is 1. The molecule has 4 aromatic rings. The fraction of sp³-hybridized carbons (Fsp3) is 0.609. The summed E-state index contributed by atoms with van der Waals surface area (Å²) in [6.07, 6.45) is 25.1. The maximum atomic E-state index is 13.0. The van der Waals surface area contributed by atoms with Crippen LogP contribution in [0.15, 0.2) is 64.8 Å². The minimum atomic E-state index is -0.110. The molecule has 296 valence electrons. The molecule has 0 unspecified atom stereocenters. The van der Waals surface area contributed by atoms with E-state index < -0.39 is 0 Å². The normalized spacial score (nSPS) is 14.2. The summed E-state index contributed by atoms with van der Waals surface area (Å²) in [7, 11) is 0. The minimum Gasteiger partial charge on any atom is -0.494 e. The number of anilines is 1. The molecule has 0 atom stereocenters. The van der Waals surface area contributed by atoms with Gasteiger partial charge in [-0.25, -0.2) is 0 Å². The van der Waals surface area contributed by atoms with Gasteiger partial charge in [0, 0.05) is 34.3 Å². The van der Waals surface area contributed by atoms with Crippen molar-refractivity contribution in [2.24, 2.45) is 0 Å². The van der Waals surface area contributed by atoms with Crippen LogP contribution in [0.2, 0.25) is 0 Å². The highest BCUT2D eigenvalue weighted by atomic mass is 32.1. The average molecular weight is 759 g/mol. The Bertz CT molecular complexity index is 1710. The minimum absolute atomic E-state index is 0.0448. The molecule has 0 aliphatic carbocycles. The van der Waals surface area contributed by atoms with Crippen molar-refractivity contribution in [1.29, 1.82) is 0 Å². The lowest BCUT2D eigenvalue weighted by atomic mass is 10.0. The van der Waals surface area contributed by atoms with E-state index in [-0.39, 0.29) is 11.5 Å². The van der Waals surface area contributed by atoms with E-state index in [0.29, 0.717) is 19.8 Å². The van der Waals surface area contributed by atoms with Crippen molar-refractivity contribution in [3.05, 3.63) is 70.3 Å². The van der Waals surface area contributed by atoms with Crippen molar-refractivity contribution >= 4 is 44.0 Å². The number of unbranched alkanes of at least 4 members (excludes halogenated alkanes) is 17. The summed E-state index contributed by atoms with van der Waals surface area (Å²) >= 11 is 1.79. The van der Waals surface area contributed by atoms with E-state index in [1.807, 2.05) is 24.3 Å². The smallest absolute Gasteiger partial charge is 0.310 e. The molecule has 2 aromatic carbocycles. The van der Waals surface area contributed by atoms with Gasteiger partial charge in [0.2, 0.25) is 12.3 Å². The van der Waals surface area contributed by atoms with Gasteiger partial charge in [-0.05, 0) is 66.4 Å². The van der Waals surface area contributed by atoms with Gasteiger partial charge in [0.1, 0.15) is 5.75 Å². The van der Waals surface area contributed by atoms with Crippen molar-refractivity contribution in [3.8, 4) is 5.75 Å². The van der Waals surface area contributed by atoms with Gasteiger partial charge in [0.15, 0.2) is 0 Å². The zero-order valence-electron chi connectivity index (χ0n) is 33.3. The molecule has 1 saturated heterocycles. The monoisotopic (exact) mass is 758 g/mol. The fourth-order valence-electron chi connectivity index (χ4n) is 8.03. The molecule has 1 fully saturated rings. The van der Waals surface area contributed by atoms with E-state index in [4.69, 9.17) is 9.47 Å². The van der Waals surface area contributed by atoms with Crippen LogP contribution in [-0.4, -0.2) is 61.5 Å². The van der Waals surface area contributed by atoms with Gasteiger partial charge in [0.25, 0.3) is 0 Å². The number of benzene rings is 2. The first kappa shape index (κ1) is 41.8. The number of pyridine rings is 1. The maximum absolute atomic E-state index is 13.0. The second kappa shape index (κ2) is 23.5. The van der Waals surface area contributed by atoms with Crippen molar-refractivity contribution < 1.29 is 18.8 Å². The molecule has 0 spiro atoms. The van der Waals surface area contributed by atoms with Gasteiger partial charge < -0.3 is 19.4 Å². The highest BCUT2D eigenvalue weighted by Crippen LogP contribution is 2.32. The van der Waals surface area contributed by atoms with Crippen LogP contribution in [0.3, 0.4) is 0 Å². The number of thiophene rings is 1. The zero-order chi connectivity index (χ0) is 37.7. The van der Waals surface area contributed by atoms with Crippen LogP contribution >= 0.6 is 11.3 Å². The van der Waals surface area contributed by atoms with Gasteiger partial charge in [-0.2, -0.15) is 0 Å². The van der Waals surface area contributed by atoms with E-state index in [1.165, 1.54) is 112 Å². The third-order valence-corrected chi connectivity index (χ3v) is 12.4. The Morgan fingerprint density at radius 2 is 1.41 bits per heavy atom. The number of aromatic amines is 1. The van der Waals surface area contributed by atoms with E-state index in [0.717, 1.165) is 79.5 Å². The van der Waals surface area contributed by atoms with Gasteiger partial charge in [0.05, 0.1) is 44.8 Å². The van der Waals surface area contributed by atoms with Crippen LogP contribution in [0.5, 0.6) is 5.75 Å². The molecule has 0 saturated carbocycles. The SMILES string of the molecule is CCCCCCCCCCCCCCCCCCCC(=O)OC[N+]1(CCCCOc2ccc3ccc(=O)[nH]c3c2)CCN(c2cccc3sccc23)CC1. The molecule has 0 amide bonds. The van der Waals surface area contributed by atoms with Crippen molar-refractivity contribution in [2.45, 2.75) is 135 Å². The Hall–Kier alpha value is -3.36. The number of rotatable bonds is 27. The Morgan fingerprint density at radius 1 is 0.759 bits per heavy atom. The molecule has 2 aromatic heterocycles. The summed E-state index contributed by atoms with van der Waals surface area (Å²) in [4.78, 5) is 30.1. The first-order valence-corrected chi connectivity index (χ1v) is 22.4. The first-order valence-electron chi connectivity index (χ1n) is 21.5.